The minimum Gasteiger partial charge on any atom is -0.469 e. The Kier molecular flexibility index (Phi) is 4.73. The third-order valence-electron chi connectivity index (χ3n) is 4.20. The van der Waals surface area contributed by atoms with Crippen molar-refractivity contribution in [1.29, 1.82) is 0 Å². The molecule has 1 aliphatic rings. The van der Waals surface area contributed by atoms with E-state index in [1.165, 1.54) is 19.2 Å². The second-order valence-corrected chi connectivity index (χ2v) is 7.93. The van der Waals surface area contributed by atoms with E-state index in [1.54, 1.807) is 24.5 Å². The lowest BCUT2D eigenvalue weighted by atomic mass is 9.93. The monoisotopic (exact) mass is 348 g/mol. The van der Waals surface area contributed by atoms with Crippen molar-refractivity contribution < 1.29 is 17.6 Å². The number of fused-ring (bicyclic) bond motifs is 1. The molecule has 1 atom stereocenters. The number of amides is 1. The van der Waals surface area contributed by atoms with Crippen LogP contribution in [0.25, 0.3) is 0 Å². The van der Waals surface area contributed by atoms with E-state index in [4.69, 9.17) is 4.42 Å². The molecule has 3 rings (SSSR count). The zero-order valence-corrected chi connectivity index (χ0v) is 14.3. The van der Waals surface area contributed by atoms with Crippen LogP contribution in [-0.2, 0) is 21.2 Å². The lowest BCUT2D eigenvalue weighted by Crippen LogP contribution is -2.40. The lowest BCUT2D eigenvalue weighted by molar-refractivity contribution is -0.122. The Bertz CT molecular complexity index is 814. The highest BCUT2D eigenvalue weighted by Crippen LogP contribution is 2.30. The van der Waals surface area contributed by atoms with E-state index in [2.05, 4.69) is 5.32 Å². The molecular weight excluding hydrogens is 328 g/mol. The van der Waals surface area contributed by atoms with Gasteiger partial charge in [-0.1, -0.05) is 18.2 Å². The van der Waals surface area contributed by atoms with Crippen LogP contribution in [0.3, 0.4) is 0 Å². The number of sulfonamides is 1. The molecule has 6 nitrogen and oxygen atoms in total. The van der Waals surface area contributed by atoms with Gasteiger partial charge in [0.25, 0.3) is 0 Å². The predicted octanol–water partition coefficient (Wildman–Crippen LogP) is 2.09. The van der Waals surface area contributed by atoms with Gasteiger partial charge in [-0.3, -0.25) is 4.79 Å². The van der Waals surface area contributed by atoms with Crippen molar-refractivity contribution in [3.05, 3.63) is 54.0 Å². The molecule has 24 heavy (non-hydrogen) atoms. The fourth-order valence-electron chi connectivity index (χ4n) is 2.94. The van der Waals surface area contributed by atoms with Crippen LogP contribution in [0.5, 0.6) is 0 Å². The van der Waals surface area contributed by atoms with Gasteiger partial charge in [0.15, 0.2) is 0 Å². The van der Waals surface area contributed by atoms with Crippen LogP contribution < -0.4 is 5.32 Å². The summed E-state index contributed by atoms with van der Waals surface area (Å²) in [6.45, 7) is -0.221. The van der Waals surface area contributed by atoms with Gasteiger partial charge in [0.1, 0.15) is 5.76 Å². The van der Waals surface area contributed by atoms with E-state index in [0.29, 0.717) is 0 Å². The average molecular weight is 348 g/mol. The highest BCUT2D eigenvalue weighted by Gasteiger charge is 2.27. The molecule has 1 aromatic heterocycles. The molecule has 1 aliphatic carbocycles. The largest absolute Gasteiger partial charge is 0.469 e. The van der Waals surface area contributed by atoms with Crippen LogP contribution in [-0.4, -0.2) is 32.2 Å². The first-order valence-electron chi connectivity index (χ1n) is 7.85. The van der Waals surface area contributed by atoms with E-state index in [1.807, 2.05) is 6.07 Å². The molecule has 2 aromatic rings. The fourth-order valence-corrected chi connectivity index (χ4v) is 4.08. The smallest absolute Gasteiger partial charge is 0.243 e. The second-order valence-electron chi connectivity index (χ2n) is 5.89. The number of carbonyl (C=O) groups excluding carboxylic acids is 1. The van der Waals surface area contributed by atoms with Gasteiger partial charge >= 0.3 is 0 Å². The maximum absolute atomic E-state index is 12.4. The molecule has 7 heteroatoms. The van der Waals surface area contributed by atoms with Crippen LogP contribution in [0, 0.1) is 0 Å². The van der Waals surface area contributed by atoms with Gasteiger partial charge in [0, 0.05) is 19.0 Å². The Morgan fingerprint density at radius 3 is 2.79 bits per heavy atom. The summed E-state index contributed by atoms with van der Waals surface area (Å²) in [4.78, 5) is 12.5. The minimum absolute atomic E-state index is 0.118. The second kappa shape index (κ2) is 6.78. The topological polar surface area (TPSA) is 79.6 Å². The maximum Gasteiger partial charge on any atom is 0.243 e. The van der Waals surface area contributed by atoms with Crippen molar-refractivity contribution in [3.63, 3.8) is 0 Å². The molecule has 0 spiro atoms. The maximum atomic E-state index is 12.4. The summed E-state index contributed by atoms with van der Waals surface area (Å²) < 4.78 is 31.4. The van der Waals surface area contributed by atoms with Crippen LogP contribution in [0.15, 0.2) is 52.0 Å². The summed E-state index contributed by atoms with van der Waals surface area (Å²) in [6, 6.07) is 9.84. The number of rotatable bonds is 5. The molecule has 0 saturated carbocycles. The molecule has 0 radical (unpaired) electrons. The molecule has 0 bridgehead atoms. The predicted molar refractivity (Wildman–Crippen MR) is 88.8 cm³/mol. The molecule has 1 heterocycles. The SMILES string of the molecule is CN(CC(=O)N[C@H]1CCCc2occc21)S(=O)(=O)c1ccccc1. The zero-order chi connectivity index (χ0) is 17.2. The van der Waals surface area contributed by atoms with Crippen LogP contribution in [0.4, 0.5) is 0 Å². The zero-order valence-electron chi connectivity index (χ0n) is 13.4. The number of furan rings is 1. The Labute approximate surface area is 141 Å². The molecule has 1 amide bonds. The van der Waals surface area contributed by atoms with Gasteiger partial charge in [0.2, 0.25) is 15.9 Å². The number of aryl methyl sites for hydroxylation is 1. The summed E-state index contributed by atoms with van der Waals surface area (Å²) in [5.74, 6) is 0.577. The van der Waals surface area contributed by atoms with Crippen molar-refractivity contribution in [2.75, 3.05) is 13.6 Å². The molecule has 0 aliphatic heterocycles. The summed E-state index contributed by atoms with van der Waals surface area (Å²) in [5.41, 5.74) is 0.989. The number of hydrogen-bond donors (Lipinski definition) is 1. The number of nitrogens with zero attached hydrogens (tertiary/aromatic N) is 1. The average Bonchev–Trinajstić information content (AvgIpc) is 3.05. The third kappa shape index (κ3) is 3.37. The Morgan fingerprint density at radius 2 is 2.04 bits per heavy atom. The van der Waals surface area contributed by atoms with Gasteiger partial charge < -0.3 is 9.73 Å². The number of hydrogen-bond acceptors (Lipinski definition) is 4. The van der Waals surface area contributed by atoms with E-state index in [-0.39, 0.29) is 23.4 Å². The molecular formula is C17H20N2O4S. The van der Waals surface area contributed by atoms with Crippen molar-refractivity contribution in [1.82, 2.24) is 9.62 Å². The Morgan fingerprint density at radius 1 is 1.29 bits per heavy atom. The first-order chi connectivity index (χ1) is 11.5. The van der Waals surface area contributed by atoms with Crippen molar-refractivity contribution in [3.8, 4) is 0 Å². The summed E-state index contributed by atoms with van der Waals surface area (Å²) in [5, 5.41) is 2.91. The molecule has 0 saturated heterocycles. The fraction of sp³-hybridized carbons (Fsp3) is 0.353. The normalized spacial score (nSPS) is 17.5. The van der Waals surface area contributed by atoms with Crippen molar-refractivity contribution in [2.24, 2.45) is 0 Å². The van der Waals surface area contributed by atoms with E-state index in [0.717, 1.165) is 34.9 Å². The number of nitrogens with one attached hydrogen (secondary N) is 1. The minimum atomic E-state index is -3.67. The van der Waals surface area contributed by atoms with Crippen LogP contribution >= 0.6 is 0 Å². The standard InChI is InChI=1S/C17H20N2O4S/c1-19(24(21,22)13-6-3-2-4-7-13)12-17(20)18-15-8-5-9-16-14(15)10-11-23-16/h2-4,6-7,10-11,15H,5,8-9,12H2,1H3,(H,18,20)/t15-/m0/s1. The Hall–Kier alpha value is -2.12. The highest BCUT2D eigenvalue weighted by atomic mass is 32.2. The van der Waals surface area contributed by atoms with E-state index in [9.17, 15) is 13.2 Å². The Balaban J connectivity index is 1.66. The third-order valence-corrected chi connectivity index (χ3v) is 6.02. The highest BCUT2D eigenvalue weighted by molar-refractivity contribution is 7.89. The van der Waals surface area contributed by atoms with Crippen LogP contribution in [0.1, 0.15) is 30.2 Å². The molecule has 128 valence electrons. The lowest BCUT2D eigenvalue weighted by Gasteiger charge is -2.24. The molecule has 1 aromatic carbocycles. The van der Waals surface area contributed by atoms with Gasteiger partial charge in [0.05, 0.1) is 23.7 Å². The van der Waals surface area contributed by atoms with Crippen molar-refractivity contribution >= 4 is 15.9 Å². The van der Waals surface area contributed by atoms with E-state index >= 15 is 0 Å². The van der Waals surface area contributed by atoms with Crippen molar-refractivity contribution in [2.45, 2.75) is 30.2 Å². The molecule has 0 unspecified atom stereocenters. The summed E-state index contributed by atoms with van der Waals surface area (Å²) >= 11 is 0. The van der Waals surface area contributed by atoms with E-state index < -0.39 is 10.0 Å². The molecule has 1 N–H and O–H groups in total. The number of carbonyl (C=O) groups is 1. The number of likely N-dealkylation sites (N-methyl/N-ethyl adjacent to an activating group) is 1. The number of benzene rings is 1. The summed E-state index contributed by atoms with van der Waals surface area (Å²) in [6.07, 6.45) is 4.26. The quantitative estimate of drug-likeness (QED) is 0.897. The van der Waals surface area contributed by atoms with Crippen LogP contribution in [0.2, 0.25) is 0 Å². The van der Waals surface area contributed by atoms with Gasteiger partial charge in [-0.25, -0.2) is 8.42 Å². The van der Waals surface area contributed by atoms with Gasteiger partial charge in [-0.15, -0.1) is 0 Å². The molecule has 0 fully saturated rings. The summed E-state index contributed by atoms with van der Waals surface area (Å²) in [7, 11) is -2.26. The van der Waals surface area contributed by atoms with Gasteiger partial charge in [-0.05, 0) is 31.0 Å². The first-order valence-corrected chi connectivity index (χ1v) is 9.29. The first kappa shape index (κ1) is 16.7. The van der Waals surface area contributed by atoms with Gasteiger partial charge in [-0.2, -0.15) is 4.31 Å².